The molecule has 0 saturated carbocycles. The summed E-state index contributed by atoms with van der Waals surface area (Å²) in [7, 11) is -3.59. The fourth-order valence-corrected chi connectivity index (χ4v) is 4.52. The molecule has 0 bridgehead atoms. The van der Waals surface area contributed by atoms with Crippen molar-refractivity contribution in [2.24, 2.45) is 0 Å². The van der Waals surface area contributed by atoms with Crippen molar-refractivity contribution in [2.75, 3.05) is 26.2 Å². The molecule has 0 unspecified atom stereocenters. The van der Waals surface area contributed by atoms with E-state index in [4.69, 9.17) is 16.0 Å². The van der Waals surface area contributed by atoms with Gasteiger partial charge in [-0.25, -0.2) is 8.42 Å². The molecule has 25 heavy (non-hydrogen) atoms. The minimum Gasteiger partial charge on any atom is -0.469 e. The van der Waals surface area contributed by atoms with E-state index in [0.717, 1.165) is 5.76 Å². The molecule has 1 aromatic carbocycles. The highest BCUT2D eigenvalue weighted by Crippen LogP contribution is 2.21. The lowest BCUT2D eigenvalue weighted by Crippen LogP contribution is -2.50. The molecule has 2 aromatic rings. The molecular weight excluding hydrogens is 364 g/mol. The van der Waals surface area contributed by atoms with E-state index in [1.807, 2.05) is 6.07 Å². The van der Waals surface area contributed by atoms with Crippen LogP contribution < -0.4 is 0 Å². The van der Waals surface area contributed by atoms with Gasteiger partial charge in [-0.15, -0.1) is 0 Å². The number of halogens is 1. The van der Waals surface area contributed by atoms with Crippen molar-refractivity contribution >= 4 is 27.5 Å². The molecular formula is C17H19ClN2O4S. The van der Waals surface area contributed by atoms with E-state index in [9.17, 15) is 13.2 Å². The Kier molecular flexibility index (Phi) is 5.46. The summed E-state index contributed by atoms with van der Waals surface area (Å²) in [5.74, 6) is 0.784. The summed E-state index contributed by atoms with van der Waals surface area (Å²) < 4.78 is 31.9. The number of carbonyl (C=O) groups excluding carboxylic acids is 1. The Labute approximate surface area is 152 Å². The normalized spacial score (nSPS) is 16.1. The van der Waals surface area contributed by atoms with Gasteiger partial charge in [-0.05, 0) is 30.3 Å². The number of aryl methyl sites for hydroxylation is 1. The summed E-state index contributed by atoms with van der Waals surface area (Å²) in [5.41, 5.74) is 0. The van der Waals surface area contributed by atoms with Crippen LogP contribution in [0.1, 0.15) is 12.2 Å². The van der Waals surface area contributed by atoms with Gasteiger partial charge in [0.05, 0.1) is 11.2 Å². The van der Waals surface area contributed by atoms with Gasteiger partial charge in [0.2, 0.25) is 15.9 Å². The molecule has 1 amide bonds. The Balaban J connectivity index is 1.57. The van der Waals surface area contributed by atoms with Gasteiger partial charge in [-0.1, -0.05) is 17.7 Å². The molecule has 0 radical (unpaired) electrons. The predicted octanol–water partition coefficient (Wildman–Crippen LogP) is 2.40. The van der Waals surface area contributed by atoms with Gasteiger partial charge in [0, 0.05) is 44.0 Å². The molecule has 134 valence electrons. The molecule has 8 heteroatoms. The van der Waals surface area contributed by atoms with Crippen LogP contribution in [0, 0.1) is 0 Å². The smallest absolute Gasteiger partial charge is 0.243 e. The maximum absolute atomic E-state index is 12.6. The Hall–Kier alpha value is -1.83. The van der Waals surface area contributed by atoms with E-state index in [2.05, 4.69) is 0 Å². The van der Waals surface area contributed by atoms with E-state index in [0.29, 0.717) is 31.0 Å². The predicted molar refractivity (Wildman–Crippen MR) is 93.8 cm³/mol. The minimum atomic E-state index is -3.59. The van der Waals surface area contributed by atoms with Crippen LogP contribution in [0.3, 0.4) is 0 Å². The zero-order chi connectivity index (χ0) is 17.9. The maximum Gasteiger partial charge on any atom is 0.243 e. The average Bonchev–Trinajstić information content (AvgIpc) is 3.13. The number of hydrogen-bond acceptors (Lipinski definition) is 4. The van der Waals surface area contributed by atoms with Crippen LogP contribution in [0.5, 0.6) is 0 Å². The van der Waals surface area contributed by atoms with Gasteiger partial charge in [0.15, 0.2) is 0 Å². The number of rotatable bonds is 5. The molecule has 1 aromatic heterocycles. The van der Waals surface area contributed by atoms with Crippen LogP contribution in [-0.4, -0.2) is 49.7 Å². The monoisotopic (exact) mass is 382 g/mol. The molecule has 0 atom stereocenters. The quantitative estimate of drug-likeness (QED) is 0.796. The van der Waals surface area contributed by atoms with Crippen LogP contribution in [0.2, 0.25) is 5.02 Å². The number of nitrogens with zero attached hydrogens (tertiary/aromatic N) is 2. The lowest BCUT2D eigenvalue weighted by atomic mass is 10.2. The van der Waals surface area contributed by atoms with Gasteiger partial charge in [0.1, 0.15) is 5.76 Å². The molecule has 1 saturated heterocycles. The molecule has 6 nitrogen and oxygen atoms in total. The number of carbonyl (C=O) groups is 1. The Bertz CT molecular complexity index is 828. The third-order valence-electron chi connectivity index (χ3n) is 4.19. The van der Waals surface area contributed by atoms with E-state index in [1.165, 1.54) is 16.4 Å². The topological polar surface area (TPSA) is 70.8 Å². The second-order valence-corrected chi connectivity index (χ2v) is 8.20. The number of hydrogen-bond donors (Lipinski definition) is 0. The van der Waals surface area contributed by atoms with E-state index < -0.39 is 10.0 Å². The van der Waals surface area contributed by atoms with Crippen molar-refractivity contribution in [3.63, 3.8) is 0 Å². The zero-order valence-corrected chi connectivity index (χ0v) is 15.2. The highest BCUT2D eigenvalue weighted by Gasteiger charge is 2.30. The van der Waals surface area contributed by atoms with Crippen molar-refractivity contribution in [3.05, 3.63) is 53.4 Å². The fourth-order valence-electron chi connectivity index (χ4n) is 2.80. The zero-order valence-electron chi connectivity index (χ0n) is 13.6. The Morgan fingerprint density at radius 3 is 2.52 bits per heavy atom. The summed E-state index contributed by atoms with van der Waals surface area (Å²) in [5, 5.41) is 0.382. The highest BCUT2D eigenvalue weighted by molar-refractivity contribution is 7.89. The van der Waals surface area contributed by atoms with Crippen LogP contribution in [0.25, 0.3) is 0 Å². The first-order valence-electron chi connectivity index (χ1n) is 8.03. The molecule has 2 heterocycles. The van der Waals surface area contributed by atoms with Crippen molar-refractivity contribution in [1.82, 2.24) is 9.21 Å². The molecule has 0 aliphatic carbocycles. The first-order chi connectivity index (χ1) is 12.0. The number of benzene rings is 1. The van der Waals surface area contributed by atoms with E-state index >= 15 is 0 Å². The van der Waals surface area contributed by atoms with Crippen molar-refractivity contribution in [1.29, 1.82) is 0 Å². The largest absolute Gasteiger partial charge is 0.469 e. The molecule has 3 rings (SSSR count). The third kappa shape index (κ3) is 4.23. The van der Waals surface area contributed by atoms with Gasteiger partial charge in [0.25, 0.3) is 0 Å². The molecule has 0 spiro atoms. The standard InChI is InChI=1S/C17H19ClN2O4S/c18-14-3-1-5-16(13-14)25(22,23)20-10-8-19(9-11-20)17(21)7-6-15-4-2-12-24-15/h1-5,12-13H,6-11H2. The highest BCUT2D eigenvalue weighted by atomic mass is 35.5. The number of sulfonamides is 1. The van der Waals surface area contributed by atoms with Crippen LogP contribution in [-0.2, 0) is 21.2 Å². The SMILES string of the molecule is O=C(CCc1ccco1)N1CCN(S(=O)(=O)c2cccc(Cl)c2)CC1. The van der Waals surface area contributed by atoms with Gasteiger partial charge >= 0.3 is 0 Å². The second-order valence-electron chi connectivity index (χ2n) is 5.82. The number of piperazine rings is 1. The summed E-state index contributed by atoms with van der Waals surface area (Å²) in [6.45, 7) is 1.33. The van der Waals surface area contributed by atoms with Gasteiger partial charge in [-0.2, -0.15) is 4.31 Å². The van der Waals surface area contributed by atoms with Crippen molar-refractivity contribution in [2.45, 2.75) is 17.7 Å². The average molecular weight is 383 g/mol. The fraction of sp³-hybridized carbons (Fsp3) is 0.353. The van der Waals surface area contributed by atoms with Crippen LogP contribution in [0.4, 0.5) is 0 Å². The lowest BCUT2D eigenvalue weighted by Gasteiger charge is -2.34. The molecule has 1 aliphatic rings. The second kappa shape index (κ2) is 7.59. The van der Waals surface area contributed by atoms with Crippen molar-refractivity contribution in [3.8, 4) is 0 Å². The van der Waals surface area contributed by atoms with Crippen LogP contribution >= 0.6 is 11.6 Å². The van der Waals surface area contributed by atoms with E-state index in [-0.39, 0.29) is 23.9 Å². The summed E-state index contributed by atoms with van der Waals surface area (Å²) in [6, 6.07) is 9.85. The van der Waals surface area contributed by atoms with E-state index in [1.54, 1.807) is 29.4 Å². The summed E-state index contributed by atoms with van der Waals surface area (Å²) in [6.07, 6.45) is 2.49. The number of amides is 1. The van der Waals surface area contributed by atoms with Gasteiger partial charge in [-0.3, -0.25) is 4.79 Å². The first kappa shape index (κ1) is 18.0. The maximum atomic E-state index is 12.6. The minimum absolute atomic E-state index is 0.0104. The third-order valence-corrected chi connectivity index (χ3v) is 6.32. The number of furan rings is 1. The summed E-state index contributed by atoms with van der Waals surface area (Å²) in [4.78, 5) is 14.1. The molecule has 1 aliphatic heterocycles. The molecule has 1 fully saturated rings. The molecule has 0 N–H and O–H groups in total. The summed E-state index contributed by atoms with van der Waals surface area (Å²) >= 11 is 5.89. The first-order valence-corrected chi connectivity index (χ1v) is 9.84. The van der Waals surface area contributed by atoms with Gasteiger partial charge < -0.3 is 9.32 Å². The Morgan fingerprint density at radius 2 is 1.88 bits per heavy atom. The van der Waals surface area contributed by atoms with Crippen molar-refractivity contribution < 1.29 is 17.6 Å². The lowest BCUT2D eigenvalue weighted by molar-refractivity contribution is -0.132. The van der Waals surface area contributed by atoms with Crippen LogP contribution in [0.15, 0.2) is 52.0 Å². The Morgan fingerprint density at radius 1 is 1.12 bits per heavy atom.